The standard InChI is InChI=1S/C13H21NO3/c1-3-4-11(5-7-15)9-14-13(16)12-10(2)6-8-17-12/h6,8,11,15H,3-5,7,9H2,1-2H3,(H,14,16). The minimum absolute atomic E-state index is 0.167. The van der Waals surface area contributed by atoms with E-state index in [2.05, 4.69) is 12.2 Å². The minimum atomic E-state index is -0.174. The number of carbonyl (C=O) groups excluding carboxylic acids is 1. The fourth-order valence-electron chi connectivity index (χ4n) is 1.86. The lowest BCUT2D eigenvalue weighted by Gasteiger charge is -2.15. The van der Waals surface area contributed by atoms with Gasteiger partial charge in [0, 0.05) is 18.7 Å². The summed E-state index contributed by atoms with van der Waals surface area (Å²) in [4.78, 5) is 11.8. The smallest absolute Gasteiger partial charge is 0.287 e. The van der Waals surface area contributed by atoms with Crippen molar-refractivity contribution in [3.8, 4) is 0 Å². The summed E-state index contributed by atoms with van der Waals surface area (Å²) in [6.45, 7) is 4.70. The van der Waals surface area contributed by atoms with E-state index in [-0.39, 0.29) is 12.5 Å². The Morgan fingerprint density at radius 1 is 1.53 bits per heavy atom. The van der Waals surface area contributed by atoms with Crippen molar-refractivity contribution in [3.05, 3.63) is 23.7 Å². The molecule has 1 aromatic rings. The maximum absolute atomic E-state index is 11.8. The van der Waals surface area contributed by atoms with Gasteiger partial charge in [0.1, 0.15) is 0 Å². The van der Waals surface area contributed by atoms with Gasteiger partial charge in [0.25, 0.3) is 5.91 Å². The Labute approximate surface area is 102 Å². The van der Waals surface area contributed by atoms with Crippen LogP contribution in [0.3, 0.4) is 0 Å². The van der Waals surface area contributed by atoms with Crippen LogP contribution in [0.15, 0.2) is 16.7 Å². The van der Waals surface area contributed by atoms with Crippen LogP contribution in [-0.4, -0.2) is 24.2 Å². The molecule has 4 nitrogen and oxygen atoms in total. The van der Waals surface area contributed by atoms with Crippen LogP contribution in [0.1, 0.15) is 42.3 Å². The van der Waals surface area contributed by atoms with Crippen molar-refractivity contribution in [1.29, 1.82) is 0 Å². The molecule has 0 fully saturated rings. The summed E-state index contributed by atoms with van der Waals surface area (Å²) in [6, 6.07) is 1.77. The van der Waals surface area contributed by atoms with E-state index in [1.165, 1.54) is 6.26 Å². The fraction of sp³-hybridized carbons (Fsp3) is 0.615. The zero-order chi connectivity index (χ0) is 12.7. The van der Waals surface area contributed by atoms with E-state index in [1.807, 2.05) is 6.92 Å². The molecule has 0 radical (unpaired) electrons. The Bertz CT molecular complexity index is 340. The third-order valence-electron chi connectivity index (χ3n) is 2.85. The van der Waals surface area contributed by atoms with Crippen molar-refractivity contribution in [1.82, 2.24) is 5.32 Å². The monoisotopic (exact) mass is 239 g/mol. The molecule has 96 valence electrons. The van der Waals surface area contributed by atoms with Gasteiger partial charge in [-0.3, -0.25) is 4.79 Å². The van der Waals surface area contributed by atoms with Crippen LogP contribution < -0.4 is 5.32 Å². The first-order valence-corrected chi connectivity index (χ1v) is 6.12. The van der Waals surface area contributed by atoms with Gasteiger partial charge < -0.3 is 14.8 Å². The summed E-state index contributed by atoms with van der Waals surface area (Å²) in [5, 5.41) is 11.8. The molecule has 0 bridgehead atoms. The van der Waals surface area contributed by atoms with E-state index in [9.17, 15) is 4.79 Å². The Kier molecular flexibility index (Phi) is 5.77. The molecule has 1 amide bonds. The third kappa shape index (κ3) is 4.23. The normalized spacial score (nSPS) is 12.4. The highest BCUT2D eigenvalue weighted by atomic mass is 16.3. The molecule has 17 heavy (non-hydrogen) atoms. The number of nitrogens with one attached hydrogen (secondary N) is 1. The topological polar surface area (TPSA) is 62.5 Å². The van der Waals surface area contributed by atoms with Crippen LogP contribution in [0.2, 0.25) is 0 Å². The minimum Gasteiger partial charge on any atom is -0.459 e. The Morgan fingerprint density at radius 3 is 2.82 bits per heavy atom. The maximum Gasteiger partial charge on any atom is 0.287 e. The van der Waals surface area contributed by atoms with E-state index >= 15 is 0 Å². The molecular formula is C13H21NO3. The second kappa shape index (κ2) is 7.12. The Morgan fingerprint density at radius 2 is 2.29 bits per heavy atom. The maximum atomic E-state index is 11.8. The van der Waals surface area contributed by atoms with Crippen LogP contribution in [0, 0.1) is 12.8 Å². The quantitative estimate of drug-likeness (QED) is 0.766. The van der Waals surface area contributed by atoms with Crippen LogP contribution in [-0.2, 0) is 0 Å². The molecule has 1 atom stereocenters. The summed E-state index contributed by atoms with van der Waals surface area (Å²) >= 11 is 0. The van der Waals surface area contributed by atoms with Gasteiger partial charge in [0.05, 0.1) is 6.26 Å². The molecular weight excluding hydrogens is 218 g/mol. The summed E-state index contributed by atoms with van der Waals surface area (Å²) < 4.78 is 5.12. The van der Waals surface area contributed by atoms with Gasteiger partial charge in [-0.1, -0.05) is 13.3 Å². The van der Waals surface area contributed by atoms with Gasteiger partial charge in [-0.05, 0) is 31.7 Å². The SMILES string of the molecule is CCCC(CCO)CNC(=O)c1occc1C. The van der Waals surface area contributed by atoms with E-state index in [4.69, 9.17) is 9.52 Å². The van der Waals surface area contributed by atoms with Crippen LogP contribution >= 0.6 is 0 Å². The molecule has 0 saturated heterocycles. The predicted octanol–water partition coefficient (Wildman–Crippen LogP) is 2.12. The van der Waals surface area contributed by atoms with Crippen LogP contribution in [0.4, 0.5) is 0 Å². The lowest BCUT2D eigenvalue weighted by molar-refractivity contribution is 0.0914. The zero-order valence-electron chi connectivity index (χ0n) is 10.5. The Hall–Kier alpha value is -1.29. The number of aliphatic hydroxyl groups is 1. The molecule has 1 aromatic heterocycles. The molecule has 1 unspecified atom stereocenters. The van der Waals surface area contributed by atoms with Crippen molar-refractivity contribution in [2.45, 2.75) is 33.1 Å². The highest BCUT2D eigenvalue weighted by Gasteiger charge is 2.14. The molecule has 0 saturated carbocycles. The molecule has 0 spiro atoms. The van der Waals surface area contributed by atoms with E-state index < -0.39 is 0 Å². The molecule has 1 heterocycles. The van der Waals surface area contributed by atoms with E-state index in [0.29, 0.717) is 18.2 Å². The van der Waals surface area contributed by atoms with Gasteiger partial charge in [0.2, 0.25) is 0 Å². The summed E-state index contributed by atoms with van der Waals surface area (Å²) in [6.07, 6.45) is 4.31. The average Bonchev–Trinajstić information content (AvgIpc) is 2.72. The molecule has 0 aliphatic rings. The lowest BCUT2D eigenvalue weighted by atomic mass is 10.0. The van der Waals surface area contributed by atoms with Gasteiger partial charge in [-0.15, -0.1) is 0 Å². The second-order valence-electron chi connectivity index (χ2n) is 4.31. The number of rotatable bonds is 7. The van der Waals surface area contributed by atoms with Crippen LogP contribution in [0.25, 0.3) is 0 Å². The first kappa shape index (κ1) is 13.8. The molecule has 2 N–H and O–H groups in total. The number of aliphatic hydroxyl groups excluding tert-OH is 1. The van der Waals surface area contributed by atoms with E-state index in [0.717, 1.165) is 24.8 Å². The van der Waals surface area contributed by atoms with Crippen LogP contribution in [0.5, 0.6) is 0 Å². The van der Waals surface area contributed by atoms with Crippen molar-refractivity contribution >= 4 is 5.91 Å². The summed E-state index contributed by atoms with van der Waals surface area (Å²) in [7, 11) is 0. The third-order valence-corrected chi connectivity index (χ3v) is 2.85. The highest BCUT2D eigenvalue weighted by molar-refractivity contribution is 5.92. The number of amides is 1. The number of hydrogen-bond donors (Lipinski definition) is 2. The summed E-state index contributed by atoms with van der Waals surface area (Å²) in [5.41, 5.74) is 0.844. The zero-order valence-corrected chi connectivity index (χ0v) is 10.5. The lowest BCUT2D eigenvalue weighted by Crippen LogP contribution is -2.29. The fourth-order valence-corrected chi connectivity index (χ4v) is 1.86. The second-order valence-corrected chi connectivity index (χ2v) is 4.31. The predicted molar refractivity (Wildman–Crippen MR) is 65.9 cm³/mol. The number of aryl methyl sites for hydroxylation is 1. The van der Waals surface area contributed by atoms with Gasteiger partial charge in [0.15, 0.2) is 5.76 Å². The van der Waals surface area contributed by atoms with Gasteiger partial charge in [-0.25, -0.2) is 0 Å². The number of carbonyl (C=O) groups is 1. The molecule has 0 aliphatic heterocycles. The summed E-state index contributed by atoms with van der Waals surface area (Å²) in [5.74, 6) is 0.542. The van der Waals surface area contributed by atoms with Crippen molar-refractivity contribution < 1.29 is 14.3 Å². The van der Waals surface area contributed by atoms with Crippen molar-refractivity contribution in [3.63, 3.8) is 0 Å². The van der Waals surface area contributed by atoms with Crippen molar-refractivity contribution in [2.24, 2.45) is 5.92 Å². The van der Waals surface area contributed by atoms with Crippen molar-refractivity contribution in [2.75, 3.05) is 13.2 Å². The largest absolute Gasteiger partial charge is 0.459 e. The average molecular weight is 239 g/mol. The van der Waals surface area contributed by atoms with Gasteiger partial charge in [-0.2, -0.15) is 0 Å². The van der Waals surface area contributed by atoms with E-state index in [1.54, 1.807) is 6.07 Å². The Balaban J connectivity index is 2.43. The van der Waals surface area contributed by atoms with Gasteiger partial charge >= 0.3 is 0 Å². The number of furan rings is 1. The molecule has 0 aromatic carbocycles. The molecule has 4 heteroatoms. The first-order chi connectivity index (χ1) is 8.19. The molecule has 1 rings (SSSR count). The highest BCUT2D eigenvalue weighted by Crippen LogP contribution is 2.11. The number of hydrogen-bond acceptors (Lipinski definition) is 3. The first-order valence-electron chi connectivity index (χ1n) is 6.12. The molecule has 0 aliphatic carbocycles.